The average Bonchev–Trinajstić information content (AvgIpc) is 2.16. The molecule has 0 saturated heterocycles. The van der Waals surface area contributed by atoms with Crippen LogP contribution in [0.25, 0.3) is 0 Å². The lowest BCUT2D eigenvalue weighted by molar-refractivity contribution is -0.140. The summed E-state index contributed by atoms with van der Waals surface area (Å²) in [5.74, 6) is 0. The van der Waals surface area contributed by atoms with E-state index in [0.717, 1.165) is 0 Å². The second kappa shape index (κ2) is 4.06. The van der Waals surface area contributed by atoms with Crippen molar-refractivity contribution in [3.8, 4) is 6.07 Å². The van der Waals surface area contributed by atoms with Crippen molar-refractivity contribution < 1.29 is 13.2 Å². The van der Waals surface area contributed by atoms with Crippen LogP contribution in [0.1, 0.15) is 17.0 Å². The molecule has 0 fully saturated rings. The van der Waals surface area contributed by atoms with Gasteiger partial charge in [-0.05, 0) is 6.07 Å². The Labute approximate surface area is 91.8 Å². The van der Waals surface area contributed by atoms with Crippen LogP contribution in [0.4, 0.5) is 18.9 Å². The Morgan fingerprint density at radius 2 is 2.13 bits per heavy atom. The minimum absolute atomic E-state index is 0.00641. The van der Waals surface area contributed by atoms with Gasteiger partial charge in [0, 0.05) is 0 Å². The highest BCUT2D eigenvalue weighted by Crippen LogP contribution is 2.34. The number of halogens is 4. The summed E-state index contributed by atoms with van der Waals surface area (Å²) in [6.07, 6.45) is -4.66. The molecule has 0 spiro atoms. The summed E-state index contributed by atoms with van der Waals surface area (Å²) >= 11 is 2.84. The number of rotatable bonds is 1. The second-order valence-electron chi connectivity index (χ2n) is 2.58. The summed E-state index contributed by atoms with van der Waals surface area (Å²) in [5, 5.41) is 9.76. The molecule has 0 aromatic carbocycles. The van der Waals surface area contributed by atoms with Crippen LogP contribution in [-0.2, 0) is 6.18 Å². The van der Waals surface area contributed by atoms with Crippen LogP contribution in [0.2, 0.25) is 0 Å². The lowest BCUT2D eigenvalue weighted by Crippen LogP contribution is -2.14. The number of aromatic nitrogens is 1. The number of hydrogen-bond acceptors (Lipinski definition) is 3. The summed E-state index contributed by atoms with van der Waals surface area (Å²) in [6.45, 7) is 0. The van der Waals surface area contributed by atoms with E-state index >= 15 is 0 Å². The minimum atomic E-state index is -4.66. The van der Waals surface area contributed by atoms with Gasteiger partial charge in [-0.3, -0.25) is 0 Å². The lowest BCUT2D eigenvalue weighted by atomic mass is 10.1. The predicted octanol–water partition coefficient (Wildman–Crippen LogP) is 2.46. The van der Waals surface area contributed by atoms with Crippen molar-refractivity contribution in [2.75, 3.05) is 5.73 Å². The Morgan fingerprint density at radius 1 is 1.53 bits per heavy atom. The number of nitrogen functional groups attached to an aromatic ring is 1. The van der Waals surface area contributed by atoms with Gasteiger partial charge < -0.3 is 5.73 Å². The van der Waals surface area contributed by atoms with E-state index < -0.39 is 17.6 Å². The Balaban J connectivity index is 3.46. The highest BCUT2D eigenvalue weighted by molar-refractivity contribution is 9.10. The molecule has 1 aromatic rings. The van der Waals surface area contributed by atoms with Crippen LogP contribution >= 0.6 is 15.9 Å². The van der Waals surface area contributed by atoms with E-state index in [0.29, 0.717) is 0 Å². The number of nitrogens with zero attached hydrogens (tertiary/aromatic N) is 2. The SMILES string of the molecule is N#Cc1cc([CH]Br)nc(C(F)(F)F)c1N. The van der Waals surface area contributed by atoms with Crippen molar-refractivity contribution in [2.24, 2.45) is 0 Å². The number of pyridine rings is 1. The Kier molecular flexibility index (Phi) is 3.19. The number of nitrogens with two attached hydrogens (primary N) is 1. The molecule has 1 aromatic heterocycles. The van der Waals surface area contributed by atoms with Crippen LogP contribution < -0.4 is 5.73 Å². The quantitative estimate of drug-likeness (QED) is 0.858. The molecule has 0 saturated carbocycles. The standard InChI is InChI=1S/C8H4BrF3N3/c9-2-5-1-4(3-13)6(14)7(15-5)8(10,11)12/h1-2H,14H2. The molecule has 1 heterocycles. The normalized spacial score (nSPS) is 11.1. The van der Waals surface area contributed by atoms with Gasteiger partial charge in [-0.25, -0.2) is 4.98 Å². The van der Waals surface area contributed by atoms with Gasteiger partial charge >= 0.3 is 6.18 Å². The first kappa shape index (κ1) is 11.8. The van der Waals surface area contributed by atoms with Gasteiger partial charge in [0.2, 0.25) is 0 Å². The maximum atomic E-state index is 12.4. The van der Waals surface area contributed by atoms with Gasteiger partial charge in [-0.2, -0.15) is 18.4 Å². The molecule has 0 aliphatic rings. The van der Waals surface area contributed by atoms with Gasteiger partial charge in [0.15, 0.2) is 5.69 Å². The van der Waals surface area contributed by atoms with Crippen molar-refractivity contribution in [1.29, 1.82) is 5.26 Å². The maximum Gasteiger partial charge on any atom is 0.435 e. The van der Waals surface area contributed by atoms with Crippen molar-refractivity contribution in [3.05, 3.63) is 28.3 Å². The Morgan fingerprint density at radius 3 is 2.53 bits per heavy atom. The van der Waals surface area contributed by atoms with Crippen LogP contribution in [0.15, 0.2) is 6.07 Å². The molecule has 0 unspecified atom stereocenters. The molecule has 1 rings (SSSR count). The van der Waals surface area contributed by atoms with E-state index in [4.69, 9.17) is 11.0 Å². The minimum Gasteiger partial charge on any atom is -0.396 e. The molecule has 7 heteroatoms. The molecule has 0 aliphatic heterocycles. The third kappa shape index (κ3) is 2.39. The van der Waals surface area contributed by atoms with Gasteiger partial charge in [0.05, 0.1) is 22.3 Å². The molecule has 1 radical (unpaired) electrons. The van der Waals surface area contributed by atoms with Crippen molar-refractivity contribution >= 4 is 21.6 Å². The first-order valence-corrected chi connectivity index (χ1v) is 4.53. The summed E-state index contributed by atoms with van der Waals surface area (Å²) in [5.41, 5.74) is 3.02. The Bertz CT molecular complexity index is 422. The molecule has 3 nitrogen and oxygen atoms in total. The zero-order valence-corrected chi connectivity index (χ0v) is 8.72. The molecular weight excluding hydrogens is 275 g/mol. The summed E-state index contributed by atoms with van der Waals surface area (Å²) in [6, 6.07) is 2.74. The van der Waals surface area contributed by atoms with E-state index in [-0.39, 0.29) is 11.3 Å². The first-order valence-electron chi connectivity index (χ1n) is 3.61. The molecule has 2 N–H and O–H groups in total. The Hall–Kier alpha value is -1.29. The van der Waals surface area contributed by atoms with Crippen LogP contribution in [0, 0.1) is 16.7 Å². The summed E-state index contributed by atoms with van der Waals surface area (Å²) in [7, 11) is 0. The molecule has 79 valence electrons. The molecule has 0 aliphatic carbocycles. The van der Waals surface area contributed by atoms with Crippen LogP contribution in [0.5, 0.6) is 0 Å². The van der Waals surface area contributed by atoms with Gasteiger partial charge in [-0.1, -0.05) is 15.9 Å². The van der Waals surface area contributed by atoms with Gasteiger partial charge in [-0.15, -0.1) is 0 Å². The third-order valence-corrected chi connectivity index (χ3v) is 2.05. The maximum absolute atomic E-state index is 12.4. The second-order valence-corrected chi connectivity index (χ2v) is 3.03. The van der Waals surface area contributed by atoms with Crippen molar-refractivity contribution in [3.63, 3.8) is 0 Å². The largest absolute Gasteiger partial charge is 0.435 e. The van der Waals surface area contributed by atoms with E-state index in [1.807, 2.05) is 0 Å². The average molecular weight is 279 g/mol. The van der Waals surface area contributed by atoms with E-state index in [9.17, 15) is 13.2 Å². The van der Waals surface area contributed by atoms with E-state index in [1.54, 1.807) is 6.07 Å². The third-order valence-electron chi connectivity index (χ3n) is 1.58. The fourth-order valence-corrected chi connectivity index (χ4v) is 1.17. The highest BCUT2D eigenvalue weighted by Gasteiger charge is 2.36. The number of hydrogen-bond donors (Lipinski definition) is 1. The number of anilines is 1. The van der Waals surface area contributed by atoms with Crippen molar-refractivity contribution in [2.45, 2.75) is 6.18 Å². The fraction of sp³-hybridized carbons (Fsp3) is 0.125. The zero-order chi connectivity index (χ0) is 11.6. The highest BCUT2D eigenvalue weighted by atomic mass is 79.9. The summed E-state index contributed by atoms with van der Waals surface area (Å²) < 4.78 is 37.2. The predicted molar refractivity (Wildman–Crippen MR) is 50.7 cm³/mol. The van der Waals surface area contributed by atoms with Gasteiger partial charge in [0.25, 0.3) is 0 Å². The molecule has 0 bridgehead atoms. The monoisotopic (exact) mass is 278 g/mol. The van der Waals surface area contributed by atoms with E-state index in [1.165, 1.54) is 11.4 Å². The lowest BCUT2D eigenvalue weighted by Gasteiger charge is -2.10. The number of nitriles is 1. The molecule has 15 heavy (non-hydrogen) atoms. The smallest absolute Gasteiger partial charge is 0.396 e. The van der Waals surface area contributed by atoms with Crippen LogP contribution in [0.3, 0.4) is 0 Å². The fourth-order valence-electron chi connectivity index (χ4n) is 0.939. The first-order chi connectivity index (χ1) is 6.90. The molecular formula is C8H4BrF3N3. The summed E-state index contributed by atoms with van der Waals surface area (Å²) in [4.78, 5) is 3.27. The topological polar surface area (TPSA) is 62.7 Å². The van der Waals surface area contributed by atoms with Crippen molar-refractivity contribution in [1.82, 2.24) is 4.98 Å². The van der Waals surface area contributed by atoms with Gasteiger partial charge in [0.1, 0.15) is 6.07 Å². The number of alkyl halides is 3. The van der Waals surface area contributed by atoms with E-state index in [2.05, 4.69) is 20.9 Å². The zero-order valence-electron chi connectivity index (χ0n) is 7.14. The molecule has 0 amide bonds. The van der Waals surface area contributed by atoms with Crippen LogP contribution in [-0.4, -0.2) is 4.98 Å². The molecule has 0 atom stereocenters.